The van der Waals surface area contributed by atoms with Crippen LogP contribution in [0.5, 0.6) is 0 Å². The molecule has 0 bridgehead atoms. The van der Waals surface area contributed by atoms with E-state index in [2.05, 4.69) is 0 Å². The summed E-state index contributed by atoms with van der Waals surface area (Å²) in [5.41, 5.74) is 0. The maximum Gasteiger partial charge on any atom is 0.280 e. The number of aliphatic hydroxyl groups is 2. The average Bonchev–Trinajstić information content (AvgIpc) is 2.49. The first-order chi connectivity index (χ1) is 8.27. The number of fused-ring (bicyclic) bond motifs is 1. The second kappa shape index (κ2) is 3.98. The maximum atomic E-state index is 12.0. The van der Waals surface area contributed by atoms with Crippen LogP contribution in [0.2, 0.25) is 0 Å². The molecule has 9 heteroatoms. The minimum absolute atomic E-state index is 0.167. The Bertz CT molecular complexity index is 501. The van der Waals surface area contributed by atoms with E-state index in [1.165, 1.54) is 0 Å². The predicted octanol–water partition coefficient (Wildman–Crippen LogP) is -1.91. The molecule has 0 spiro atoms. The standard InChI is InChI=1S/C9H13NO7S/c11-4-10-7(13)6-5(12)2-1-3-9(6,8(10)14)18(15,16)17/h5-6,11-12H,1-4H2,(H,15,16,17). The molecule has 0 aromatic rings. The van der Waals surface area contributed by atoms with Crippen LogP contribution in [-0.2, 0) is 19.7 Å². The van der Waals surface area contributed by atoms with Gasteiger partial charge in [0, 0.05) is 0 Å². The van der Waals surface area contributed by atoms with Gasteiger partial charge < -0.3 is 10.2 Å². The zero-order chi connectivity index (χ0) is 13.7. The van der Waals surface area contributed by atoms with Gasteiger partial charge in [-0.05, 0) is 19.3 Å². The Morgan fingerprint density at radius 2 is 2.00 bits per heavy atom. The first-order valence-electron chi connectivity index (χ1n) is 5.39. The molecule has 0 aromatic heterocycles. The fourth-order valence-electron chi connectivity index (χ4n) is 2.84. The van der Waals surface area contributed by atoms with Crippen LogP contribution in [0, 0.1) is 5.92 Å². The molecular weight excluding hydrogens is 266 g/mol. The zero-order valence-corrected chi connectivity index (χ0v) is 10.1. The van der Waals surface area contributed by atoms with Gasteiger partial charge >= 0.3 is 0 Å². The molecule has 8 nitrogen and oxygen atoms in total. The van der Waals surface area contributed by atoms with Crippen molar-refractivity contribution in [3.63, 3.8) is 0 Å². The predicted molar refractivity (Wildman–Crippen MR) is 56.6 cm³/mol. The summed E-state index contributed by atoms with van der Waals surface area (Å²) in [7, 11) is -4.87. The van der Waals surface area contributed by atoms with E-state index in [0.717, 1.165) is 0 Å². The molecule has 3 N–H and O–H groups in total. The van der Waals surface area contributed by atoms with Crippen LogP contribution in [0.3, 0.4) is 0 Å². The molecule has 18 heavy (non-hydrogen) atoms. The molecule has 2 fully saturated rings. The lowest BCUT2D eigenvalue weighted by atomic mass is 9.78. The molecule has 1 saturated carbocycles. The van der Waals surface area contributed by atoms with Gasteiger partial charge in [-0.1, -0.05) is 0 Å². The highest BCUT2D eigenvalue weighted by atomic mass is 32.2. The molecule has 2 aliphatic rings. The summed E-state index contributed by atoms with van der Waals surface area (Å²) in [5, 5.41) is 18.7. The van der Waals surface area contributed by atoms with Crippen molar-refractivity contribution in [2.24, 2.45) is 5.92 Å². The zero-order valence-electron chi connectivity index (χ0n) is 9.31. The van der Waals surface area contributed by atoms with E-state index in [4.69, 9.17) is 5.11 Å². The van der Waals surface area contributed by atoms with Crippen LogP contribution in [0.15, 0.2) is 0 Å². The van der Waals surface area contributed by atoms with E-state index < -0.39 is 45.4 Å². The van der Waals surface area contributed by atoms with E-state index >= 15 is 0 Å². The number of rotatable bonds is 2. The summed E-state index contributed by atoms with van der Waals surface area (Å²) < 4.78 is 30.0. The highest BCUT2D eigenvalue weighted by molar-refractivity contribution is 7.88. The fourth-order valence-corrected chi connectivity index (χ4v) is 4.15. The van der Waals surface area contributed by atoms with E-state index in [9.17, 15) is 27.7 Å². The SMILES string of the molecule is O=C1C2C(O)CCCC2(S(=O)(=O)O)C(=O)N1CO. The summed E-state index contributed by atoms with van der Waals surface area (Å²) in [6, 6.07) is 0. The van der Waals surface area contributed by atoms with Crippen molar-refractivity contribution in [2.45, 2.75) is 30.1 Å². The summed E-state index contributed by atoms with van der Waals surface area (Å²) in [6.45, 7) is -0.974. The van der Waals surface area contributed by atoms with Crippen molar-refractivity contribution in [2.75, 3.05) is 6.73 Å². The smallest absolute Gasteiger partial charge is 0.280 e. The molecule has 1 heterocycles. The summed E-state index contributed by atoms with van der Waals surface area (Å²) in [6.07, 6.45) is -1.21. The Morgan fingerprint density at radius 3 is 2.44 bits per heavy atom. The quantitative estimate of drug-likeness (QED) is 0.397. The minimum Gasteiger partial charge on any atom is -0.392 e. The monoisotopic (exact) mass is 279 g/mol. The number of aliphatic hydroxyl groups excluding tert-OH is 2. The lowest BCUT2D eigenvalue weighted by Gasteiger charge is -2.35. The molecule has 2 rings (SSSR count). The molecule has 102 valence electrons. The Kier molecular flexibility index (Phi) is 2.97. The molecular formula is C9H13NO7S. The summed E-state index contributed by atoms with van der Waals surface area (Å²) >= 11 is 0. The van der Waals surface area contributed by atoms with Crippen molar-refractivity contribution in [1.29, 1.82) is 0 Å². The molecule has 0 aromatic carbocycles. The number of carbonyl (C=O) groups is 2. The Labute approximate surface area is 103 Å². The number of hydrogen-bond donors (Lipinski definition) is 3. The molecule has 1 aliphatic carbocycles. The third-order valence-electron chi connectivity index (χ3n) is 3.68. The molecule has 0 radical (unpaired) electrons. The van der Waals surface area contributed by atoms with E-state index in [1.807, 2.05) is 0 Å². The number of amides is 2. The van der Waals surface area contributed by atoms with E-state index in [-0.39, 0.29) is 19.3 Å². The molecule has 2 amide bonds. The van der Waals surface area contributed by atoms with Gasteiger partial charge in [-0.3, -0.25) is 19.0 Å². The number of imide groups is 1. The van der Waals surface area contributed by atoms with Crippen LogP contribution in [0.4, 0.5) is 0 Å². The van der Waals surface area contributed by atoms with E-state index in [0.29, 0.717) is 4.90 Å². The van der Waals surface area contributed by atoms with Gasteiger partial charge in [0.05, 0.1) is 12.0 Å². The van der Waals surface area contributed by atoms with Crippen LogP contribution >= 0.6 is 0 Å². The summed E-state index contributed by atoms with van der Waals surface area (Å²) in [4.78, 5) is 24.2. The van der Waals surface area contributed by atoms with Crippen LogP contribution in [-0.4, -0.2) is 57.5 Å². The Hall–Kier alpha value is -1.03. The van der Waals surface area contributed by atoms with Gasteiger partial charge in [-0.2, -0.15) is 8.42 Å². The third-order valence-corrected chi connectivity index (χ3v) is 5.23. The van der Waals surface area contributed by atoms with Gasteiger partial charge in [0.1, 0.15) is 6.73 Å². The van der Waals surface area contributed by atoms with Crippen molar-refractivity contribution < 1.29 is 32.8 Å². The number of likely N-dealkylation sites (tertiary alicyclic amines) is 1. The third kappa shape index (κ3) is 1.44. The Morgan fingerprint density at radius 1 is 1.39 bits per heavy atom. The highest BCUT2D eigenvalue weighted by Gasteiger charge is 2.69. The van der Waals surface area contributed by atoms with Crippen molar-refractivity contribution >= 4 is 21.9 Å². The molecule has 3 unspecified atom stereocenters. The van der Waals surface area contributed by atoms with Crippen molar-refractivity contribution in [3.05, 3.63) is 0 Å². The average molecular weight is 279 g/mol. The highest BCUT2D eigenvalue weighted by Crippen LogP contribution is 2.46. The van der Waals surface area contributed by atoms with Crippen molar-refractivity contribution in [3.8, 4) is 0 Å². The van der Waals surface area contributed by atoms with Gasteiger partial charge in [0.2, 0.25) is 5.91 Å². The maximum absolute atomic E-state index is 12.0. The first-order valence-corrected chi connectivity index (χ1v) is 6.83. The number of carbonyl (C=O) groups excluding carboxylic acids is 2. The summed E-state index contributed by atoms with van der Waals surface area (Å²) in [5.74, 6) is -3.67. The molecule has 1 saturated heterocycles. The largest absolute Gasteiger partial charge is 0.392 e. The molecule has 1 aliphatic heterocycles. The first kappa shape index (κ1) is 13.4. The lowest BCUT2D eigenvalue weighted by molar-refractivity contribution is -0.144. The molecule has 3 atom stereocenters. The van der Waals surface area contributed by atoms with Gasteiger partial charge in [-0.15, -0.1) is 0 Å². The van der Waals surface area contributed by atoms with Crippen molar-refractivity contribution in [1.82, 2.24) is 4.90 Å². The fraction of sp³-hybridized carbons (Fsp3) is 0.778. The Balaban J connectivity index is 2.64. The second-order valence-corrected chi connectivity index (χ2v) is 6.19. The van der Waals surface area contributed by atoms with Crippen LogP contribution in [0.1, 0.15) is 19.3 Å². The number of nitrogens with zero attached hydrogens (tertiary/aromatic N) is 1. The van der Waals surface area contributed by atoms with Crippen LogP contribution < -0.4 is 0 Å². The van der Waals surface area contributed by atoms with Gasteiger partial charge in [0.25, 0.3) is 16.0 Å². The second-order valence-electron chi connectivity index (χ2n) is 4.51. The lowest BCUT2D eigenvalue weighted by Crippen LogP contribution is -2.55. The van der Waals surface area contributed by atoms with Gasteiger partial charge in [-0.25, -0.2) is 0 Å². The topological polar surface area (TPSA) is 132 Å². The normalized spacial score (nSPS) is 36.9. The van der Waals surface area contributed by atoms with Gasteiger partial charge in [0.15, 0.2) is 4.75 Å². The van der Waals surface area contributed by atoms with E-state index in [1.54, 1.807) is 0 Å². The van der Waals surface area contributed by atoms with Crippen LogP contribution in [0.25, 0.3) is 0 Å². The minimum atomic E-state index is -4.87. The number of hydrogen-bond acceptors (Lipinski definition) is 6.